The molecule has 6 rings (SSSR count). The second-order valence-electron chi connectivity index (χ2n) is 11.9. The van der Waals surface area contributed by atoms with Crippen LogP contribution in [0, 0.1) is 28.6 Å². The Hall–Kier alpha value is -2.32. The number of nitrogen functional groups attached to an aromatic ring is 1. The highest BCUT2D eigenvalue weighted by Crippen LogP contribution is 2.69. The van der Waals surface area contributed by atoms with Crippen LogP contribution in [0.25, 0.3) is 0 Å². The SMILES string of the molecule is C[C@]12C=CC(=O)C=C1CC[C@@H]1C2[C@@H](O)C[C@@]2(C)[C@H]1C[C@H]1OC(Cc3ccc(N)cc3)O[C@]12C(=O)CO. The number of ketones is 2. The van der Waals surface area contributed by atoms with E-state index < -0.39 is 36.1 Å². The number of rotatable bonds is 4. The molecule has 192 valence electrons. The van der Waals surface area contributed by atoms with Gasteiger partial charge < -0.3 is 25.4 Å². The van der Waals surface area contributed by atoms with Crippen molar-refractivity contribution in [3.8, 4) is 0 Å². The third kappa shape index (κ3) is 3.13. The Morgan fingerprint density at radius 1 is 1.22 bits per heavy atom. The zero-order valence-corrected chi connectivity index (χ0v) is 20.9. The molecule has 0 bridgehead atoms. The number of aliphatic hydroxyl groups excluding tert-OH is 2. The Bertz CT molecular complexity index is 1160. The van der Waals surface area contributed by atoms with Crippen LogP contribution < -0.4 is 5.73 Å². The molecule has 7 heteroatoms. The van der Waals surface area contributed by atoms with E-state index in [4.69, 9.17) is 15.2 Å². The van der Waals surface area contributed by atoms with Crippen molar-refractivity contribution in [1.82, 2.24) is 0 Å². The smallest absolute Gasteiger partial charge is 0.193 e. The van der Waals surface area contributed by atoms with Crippen molar-refractivity contribution >= 4 is 17.3 Å². The first-order valence-corrected chi connectivity index (χ1v) is 13.1. The van der Waals surface area contributed by atoms with Crippen molar-refractivity contribution in [2.45, 2.75) is 70.1 Å². The number of benzene rings is 1. The Morgan fingerprint density at radius 3 is 2.69 bits per heavy atom. The largest absolute Gasteiger partial charge is 0.399 e. The Morgan fingerprint density at radius 2 is 1.97 bits per heavy atom. The van der Waals surface area contributed by atoms with E-state index in [1.165, 1.54) is 0 Å². The highest BCUT2D eigenvalue weighted by Gasteiger charge is 2.75. The number of hydrogen-bond donors (Lipinski definition) is 3. The van der Waals surface area contributed by atoms with E-state index in [0.717, 1.165) is 24.0 Å². The molecular formula is C29H35NO6. The normalized spacial score (nSPS) is 44.9. The maximum atomic E-state index is 13.5. The van der Waals surface area contributed by atoms with Gasteiger partial charge in [0.25, 0.3) is 0 Å². The lowest BCUT2D eigenvalue weighted by Gasteiger charge is -2.59. The minimum atomic E-state index is -1.30. The molecule has 1 saturated heterocycles. The van der Waals surface area contributed by atoms with Crippen molar-refractivity contribution in [3.05, 3.63) is 53.6 Å². The molecule has 1 aromatic rings. The highest BCUT2D eigenvalue weighted by atomic mass is 16.7. The fraction of sp³-hybridized carbons (Fsp3) is 0.586. The molecule has 4 aliphatic carbocycles. The number of anilines is 1. The first-order chi connectivity index (χ1) is 17.1. The Kier molecular flexibility index (Phi) is 5.40. The zero-order chi connectivity index (χ0) is 25.5. The van der Waals surface area contributed by atoms with Crippen LogP contribution in [0.4, 0.5) is 5.69 Å². The van der Waals surface area contributed by atoms with Gasteiger partial charge in [-0.3, -0.25) is 9.59 Å². The summed E-state index contributed by atoms with van der Waals surface area (Å²) in [5.74, 6) is -0.170. The quantitative estimate of drug-likeness (QED) is 0.552. The molecule has 0 aromatic heterocycles. The van der Waals surface area contributed by atoms with Gasteiger partial charge in [-0.2, -0.15) is 0 Å². The van der Waals surface area contributed by atoms with Gasteiger partial charge in [-0.05, 0) is 67.4 Å². The van der Waals surface area contributed by atoms with Gasteiger partial charge in [0.15, 0.2) is 23.5 Å². The number of carbonyl (C=O) groups is 2. The molecule has 0 spiro atoms. The summed E-state index contributed by atoms with van der Waals surface area (Å²) in [5, 5.41) is 21.7. The lowest BCUT2D eigenvalue weighted by atomic mass is 9.46. The standard InChI is InChI=1S/C29H35NO6/c1-27-10-9-19(32)12-17(27)5-8-20-21-13-24-29(23(34)15-31,28(21,2)14-22(33)26(20)27)36-25(35-24)11-16-3-6-18(30)7-4-16/h3-4,6-7,9-10,12,20-22,24-26,31,33H,5,8,11,13-15,30H2,1-2H3/t20-,21-,22-,24+,25?,26?,27-,28-,29+/m0/s1. The fourth-order valence-electron chi connectivity index (χ4n) is 8.70. The van der Waals surface area contributed by atoms with Crippen molar-refractivity contribution < 1.29 is 29.3 Å². The van der Waals surface area contributed by atoms with Crippen molar-refractivity contribution in [1.29, 1.82) is 0 Å². The highest BCUT2D eigenvalue weighted by molar-refractivity contribution is 6.01. The summed E-state index contributed by atoms with van der Waals surface area (Å²) >= 11 is 0. The number of nitrogens with two attached hydrogens (primary N) is 1. The minimum Gasteiger partial charge on any atom is -0.399 e. The first kappa shape index (κ1) is 24.0. The van der Waals surface area contributed by atoms with Crippen LogP contribution in [0.2, 0.25) is 0 Å². The summed E-state index contributed by atoms with van der Waals surface area (Å²) in [4.78, 5) is 25.6. The molecule has 4 N–H and O–H groups in total. The van der Waals surface area contributed by atoms with E-state index >= 15 is 0 Å². The zero-order valence-electron chi connectivity index (χ0n) is 20.9. The predicted molar refractivity (Wildman–Crippen MR) is 133 cm³/mol. The number of ether oxygens (including phenoxy) is 2. The predicted octanol–water partition coefficient (Wildman–Crippen LogP) is 2.74. The summed E-state index contributed by atoms with van der Waals surface area (Å²) in [5.41, 5.74) is 6.21. The molecule has 36 heavy (non-hydrogen) atoms. The number of carbonyl (C=O) groups excluding carboxylic acids is 2. The van der Waals surface area contributed by atoms with Gasteiger partial charge in [0.1, 0.15) is 6.61 Å². The van der Waals surface area contributed by atoms with E-state index in [1.54, 1.807) is 12.2 Å². The van der Waals surface area contributed by atoms with Gasteiger partial charge in [-0.15, -0.1) is 0 Å². The van der Waals surface area contributed by atoms with Gasteiger partial charge in [0, 0.05) is 28.9 Å². The second kappa shape index (κ2) is 8.09. The Labute approximate surface area is 211 Å². The van der Waals surface area contributed by atoms with Crippen LogP contribution in [0.3, 0.4) is 0 Å². The van der Waals surface area contributed by atoms with E-state index in [1.807, 2.05) is 37.3 Å². The number of allylic oxidation sites excluding steroid dienone is 4. The maximum absolute atomic E-state index is 13.5. The molecule has 7 nitrogen and oxygen atoms in total. The molecule has 2 unspecified atom stereocenters. The van der Waals surface area contributed by atoms with Gasteiger partial charge in [0.05, 0.1) is 12.2 Å². The lowest BCUT2D eigenvalue weighted by molar-refractivity contribution is -0.199. The molecule has 0 amide bonds. The lowest BCUT2D eigenvalue weighted by Crippen LogP contribution is -2.63. The van der Waals surface area contributed by atoms with Crippen LogP contribution in [0.5, 0.6) is 0 Å². The molecule has 3 saturated carbocycles. The number of hydrogen-bond acceptors (Lipinski definition) is 7. The fourth-order valence-corrected chi connectivity index (χ4v) is 8.70. The van der Waals surface area contributed by atoms with Gasteiger partial charge in [-0.1, -0.05) is 37.6 Å². The van der Waals surface area contributed by atoms with E-state index in [2.05, 4.69) is 6.92 Å². The molecule has 1 heterocycles. The molecule has 0 radical (unpaired) electrons. The second-order valence-corrected chi connectivity index (χ2v) is 11.9. The molecule has 1 aromatic carbocycles. The molecule has 1 aliphatic heterocycles. The third-order valence-corrected chi connectivity index (χ3v) is 10.2. The molecule has 5 aliphatic rings. The van der Waals surface area contributed by atoms with Gasteiger partial charge >= 0.3 is 0 Å². The van der Waals surface area contributed by atoms with E-state index in [9.17, 15) is 19.8 Å². The van der Waals surface area contributed by atoms with E-state index in [-0.39, 0.29) is 34.7 Å². The molecule has 9 atom stereocenters. The van der Waals surface area contributed by atoms with Crippen LogP contribution in [0.1, 0.15) is 45.1 Å². The topological polar surface area (TPSA) is 119 Å². The number of Topliss-reactive ketones (excluding diaryl/α,β-unsaturated/α-hetero) is 1. The molecular weight excluding hydrogens is 458 g/mol. The van der Waals surface area contributed by atoms with Crippen LogP contribution in [0.15, 0.2) is 48.1 Å². The van der Waals surface area contributed by atoms with Crippen LogP contribution >= 0.6 is 0 Å². The van der Waals surface area contributed by atoms with Crippen molar-refractivity contribution in [2.75, 3.05) is 12.3 Å². The third-order valence-electron chi connectivity index (χ3n) is 10.2. The summed E-state index contributed by atoms with van der Waals surface area (Å²) in [7, 11) is 0. The first-order valence-electron chi connectivity index (χ1n) is 13.1. The number of fused-ring (bicyclic) bond motifs is 7. The maximum Gasteiger partial charge on any atom is 0.193 e. The molecule has 4 fully saturated rings. The van der Waals surface area contributed by atoms with Crippen molar-refractivity contribution in [2.24, 2.45) is 28.6 Å². The monoisotopic (exact) mass is 493 g/mol. The van der Waals surface area contributed by atoms with Crippen LogP contribution in [-0.4, -0.2) is 52.5 Å². The van der Waals surface area contributed by atoms with Gasteiger partial charge in [0.2, 0.25) is 0 Å². The Balaban J connectivity index is 1.34. The van der Waals surface area contributed by atoms with Gasteiger partial charge in [-0.25, -0.2) is 0 Å². The average molecular weight is 494 g/mol. The summed E-state index contributed by atoms with van der Waals surface area (Å²) in [6.07, 6.45) is 6.70. The summed E-state index contributed by atoms with van der Waals surface area (Å²) in [6.45, 7) is 3.55. The summed E-state index contributed by atoms with van der Waals surface area (Å²) in [6, 6.07) is 7.50. The van der Waals surface area contributed by atoms with Crippen LogP contribution in [-0.2, 0) is 25.5 Å². The average Bonchev–Trinajstić information content (AvgIpc) is 3.32. The summed E-state index contributed by atoms with van der Waals surface area (Å²) < 4.78 is 13.0. The number of aliphatic hydroxyl groups is 2. The van der Waals surface area contributed by atoms with E-state index in [0.29, 0.717) is 24.9 Å². The van der Waals surface area contributed by atoms with Crippen molar-refractivity contribution in [3.63, 3.8) is 0 Å². The minimum absolute atomic E-state index is 0.00732.